The fourth-order valence-corrected chi connectivity index (χ4v) is 6.62. The zero-order chi connectivity index (χ0) is 22.5. The topological polar surface area (TPSA) is 71.1 Å². The molecule has 0 unspecified atom stereocenters. The Morgan fingerprint density at radius 1 is 1.09 bits per heavy atom. The van der Waals surface area contributed by atoms with E-state index in [2.05, 4.69) is 32.4 Å². The fourth-order valence-electron chi connectivity index (χ4n) is 2.97. The molecule has 164 valence electrons. The highest BCUT2D eigenvalue weighted by molar-refractivity contribution is 7.98. The van der Waals surface area contributed by atoms with Gasteiger partial charge in [0.25, 0.3) is 5.91 Å². The molecule has 0 atom stereocenters. The summed E-state index contributed by atoms with van der Waals surface area (Å²) in [6.07, 6.45) is 0. The number of nitrogens with one attached hydrogen (secondary N) is 2. The minimum absolute atomic E-state index is 0.0523. The number of carbonyl (C=O) groups excluding carboxylic acids is 2. The van der Waals surface area contributed by atoms with Crippen LogP contribution in [0.2, 0.25) is 0 Å². The second-order valence-electron chi connectivity index (χ2n) is 6.97. The lowest BCUT2D eigenvalue weighted by molar-refractivity contribution is -0.119. The van der Waals surface area contributed by atoms with Crippen molar-refractivity contribution in [2.75, 3.05) is 5.32 Å². The molecule has 5 nitrogen and oxygen atoms in total. The summed E-state index contributed by atoms with van der Waals surface area (Å²) >= 11 is 6.39. The first-order valence-electron chi connectivity index (χ1n) is 9.85. The molecule has 0 saturated heterocycles. The smallest absolute Gasteiger partial charge is 0.258 e. The first kappa shape index (κ1) is 22.7. The molecule has 0 bridgehead atoms. The van der Waals surface area contributed by atoms with Crippen molar-refractivity contribution in [2.45, 2.75) is 31.0 Å². The molecule has 0 spiro atoms. The zero-order valence-electron chi connectivity index (χ0n) is 17.5. The van der Waals surface area contributed by atoms with E-state index in [0.29, 0.717) is 17.2 Å². The van der Waals surface area contributed by atoms with E-state index >= 15 is 0 Å². The van der Waals surface area contributed by atoms with E-state index in [0.717, 1.165) is 31.0 Å². The van der Waals surface area contributed by atoms with Crippen LogP contribution in [-0.4, -0.2) is 16.8 Å². The van der Waals surface area contributed by atoms with E-state index in [1.165, 1.54) is 23.8 Å². The van der Waals surface area contributed by atoms with Crippen LogP contribution in [0.5, 0.6) is 0 Å². The lowest BCUT2D eigenvalue weighted by atomic mass is 10.2. The summed E-state index contributed by atoms with van der Waals surface area (Å²) in [4.78, 5) is 32.9. The number of aryl methyl sites for hydroxylation is 1. The quantitative estimate of drug-likeness (QED) is 0.274. The molecule has 3 heterocycles. The van der Waals surface area contributed by atoms with Crippen molar-refractivity contribution in [3.63, 3.8) is 0 Å². The Morgan fingerprint density at radius 3 is 2.72 bits per heavy atom. The minimum atomic E-state index is -0.156. The maximum atomic E-state index is 13.0. The van der Waals surface area contributed by atoms with Gasteiger partial charge in [-0.15, -0.1) is 34.4 Å². The third kappa shape index (κ3) is 5.66. The second kappa shape index (κ2) is 10.4. The summed E-state index contributed by atoms with van der Waals surface area (Å²) in [5, 5.41) is 10.6. The molecule has 2 amide bonds. The van der Waals surface area contributed by atoms with Crippen molar-refractivity contribution < 1.29 is 9.59 Å². The number of hydrogen-bond acceptors (Lipinski definition) is 7. The van der Waals surface area contributed by atoms with Gasteiger partial charge in [0.2, 0.25) is 5.91 Å². The van der Waals surface area contributed by atoms with Crippen molar-refractivity contribution in [2.24, 2.45) is 0 Å². The molecule has 0 aliphatic rings. The zero-order valence-corrected chi connectivity index (χ0v) is 20.8. The highest BCUT2D eigenvalue weighted by Crippen LogP contribution is 2.35. The predicted molar refractivity (Wildman–Crippen MR) is 136 cm³/mol. The van der Waals surface area contributed by atoms with Crippen molar-refractivity contribution >= 4 is 62.7 Å². The van der Waals surface area contributed by atoms with Gasteiger partial charge >= 0.3 is 0 Å². The maximum Gasteiger partial charge on any atom is 0.258 e. The van der Waals surface area contributed by atoms with Gasteiger partial charge < -0.3 is 5.32 Å². The van der Waals surface area contributed by atoms with Crippen LogP contribution in [0.25, 0.3) is 10.6 Å². The molecule has 0 fully saturated rings. The van der Waals surface area contributed by atoms with Crippen LogP contribution in [0.1, 0.15) is 32.6 Å². The first-order chi connectivity index (χ1) is 15.5. The van der Waals surface area contributed by atoms with Crippen LogP contribution in [0.4, 0.5) is 5.13 Å². The second-order valence-corrected chi connectivity index (χ2v) is 11.1. The number of thioether (sulfide) groups is 1. The Labute approximate surface area is 202 Å². The molecular weight excluding hydrogens is 479 g/mol. The summed E-state index contributed by atoms with van der Waals surface area (Å²) in [5.74, 6) is 0.618. The number of nitrogens with zero attached hydrogens (tertiary/aromatic N) is 1. The summed E-state index contributed by atoms with van der Waals surface area (Å²) < 4.78 is 0. The average Bonchev–Trinajstić information content (AvgIpc) is 3.52. The van der Waals surface area contributed by atoms with Gasteiger partial charge in [-0.2, -0.15) is 11.3 Å². The van der Waals surface area contributed by atoms with Gasteiger partial charge in [0.1, 0.15) is 0 Å². The van der Waals surface area contributed by atoms with Gasteiger partial charge in [0.05, 0.1) is 22.7 Å². The van der Waals surface area contributed by atoms with Crippen molar-refractivity contribution in [3.05, 3.63) is 74.1 Å². The minimum Gasteiger partial charge on any atom is -0.351 e. The van der Waals surface area contributed by atoms with E-state index in [1.807, 2.05) is 43.3 Å². The molecule has 1 aromatic carbocycles. The Bertz CT molecular complexity index is 1230. The Hall–Kier alpha value is -2.46. The molecule has 0 aliphatic heterocycles. The fraction of sp³-hybridized carbons (Fsp3) is 0.174. The van der Waals surface area contributed by atoms with Crippen LogP contribution in [-0.2, 0) is 17.1 Å². The lowest BCUT2D eigenvalue weighted by Crippen LogP contribution is -2.17. The summed E-state index contributed by atoms with van der Waals surface area (Å²) in [6.45, 7) is 4.01. The number of aromatic nitrogens is 1. The van der Waals surface area contributed by atoms with E-state index in [4.69, 9.17) is 0 Å². The SMILES string of the molecule is CC(=O)NCc1ccc(-c2nc(NC(=O)c3ccccc3SCc3ccsc3)sc2C)s1. The molecule has 0 saturated carbocycles. The summed E-state index contributed by atoms with van der Waals surface area (Å²) in [6, 6.07) is 13.8. The molecule has 32 heavy (non-hydrogen) atoms. The Balaban J connectivity index is 1.46. The number of hydrogen-bond donors (Lipinski definition) is 2. The summed E-state index contributed by atoms with van der Waals surface area (Å²) in [7, 11) is 0. The monoisotopic (exact) mass is 499 g/mol. The van der Waals surface area contributed by atoms with Gasteiger partial charge in [-0.1, -0.05) is 12.1 Å². The van der Waals surface area contributed by atoms with E-state index in [9.17, 15) is 9.59 Å². The normalized spacial score (nSPS) is 10.8. The van der Waals surface area contributed by atoms with Crippen LogP contribution in [0, 0.1) is 6.92 Å². The highest BCUT2D eigenvalue weighted by atomic mass is 32.2. The molecule has 9 heteroatoms. The van der Waals surface area contributed by atoms with E-state index in [1.54, 1.807) is 34.4 Å². The van der Waals surface area contributed by atoms with Crippen LogP contribution in [0.3, 0.4) is 0 Å². The third-order valence-corrected chi connectivity index (χ3v) is 8.38. The number of thiazole rings is 1. The van der Waals surface area contributed by atoms with Crippen LogP contribution >= 0.6 is 45.8 Å². The molecule has 0 aliphatic carbocycles. The van der Waals surface area contributed by atoms with Gasteiger partial charge in [-0.3, -0.25) is 14.9 Å². The standard InChI is InChI=1S/C23H21N3O2S4/c1-14-21(20-8-7-17(32-20)11-24-15(2)27)25-23(31-14)26-22(28)18-5-3-4-6-19(18)30-13-16-9-10-29-12-16/h3-10,12H,11,13H2,1-2H3,(H,24,27)(H,25,26,28). The van der Waals surface area contributed by atoms with Crippen LogP contribution in [0.15, 0.2) is 58.1 Å². The number of anilines is 1. The van der Waals surface area contributed by atoms with Crippen molar-refractivity contribution in [1.29, 1.82) is 0 Å². The Kier molecular flexibility index (Phi) is 7.41. The molecule has 2 N–H and O–H groups in total. The van der Waals surface area contributed by atoms with Crippen molar-refractivity contribution in [1.82, 2.24) is 10.3 Å². The van der Waals surface area contributed by atoms with Gasteiger partial charge in [0, 0.05) is 27.3 Å². The largest absolute Gasteiger partial charge is 0.351 e. The molecule has 4 aromatic rings. The van der Waals surface area contributed by atoms with Crippen LogP contribution < -0.4 is 10.6 Å². The maximum absolute atomic E-state index is 13.0. The van der Waals surface area contributed by atoms with E-state index < -0.39 is 0 Å². The predicted octanol–water partition coefficient (Wildman–Crippen LogP) is 6.42. The molecule has 3 aromatic heterocycles. The number of amides is 2. The van der Waals surface area contributed by atoms with Gasteiger partial charge in [-0.05, 0) is 53.6 Å². The number of thiophene rings is 2. The molecule has 4 rings (SSSR count). The van der Waals surface area contributed by atoms with E-state index in [-0.39, 0.29) is 11.8 Å². The molecular formula is C23H21N3O2S4. The summed E-state index contributed by atoms with van der Waals surface area (Å²) in [5.41, 5.74) is 2.77. The first-order valence-corrected chi connectivity index (χ1v) is 13.4. The van der Waals surface area contributed by atoms with Gasteiger partial charge in [-0.25, -0.2) is 4.98 Å². The third-order valence-electron chi connectivity index (χ3n) is 4.53. The highest BCUT2D eigenvalue weighted by Gasteiger charge is 2.17. The number of carbonyl (C=O) groups is 2. The average molecular weight is 500 g/mol. The van der Waals surface area contributed by atoms with Crippen molar-refractivity contribution in [3.8, 4) is 10.6 Å². The molecule has 0 radical (unpaired) electrons. The number of rotatable bonds is 8. The Morgan fingerprint density at radius 2 is 1.94 bits per heavy atom. The van der Waals surface area contributed by atoms with Gasteiger partial charge in [0.15, 0.2) is 5.13 Å². The lowest BCUT2D eigenvalue weighted by Gasteiger charge is -2.08. The number of benzene rings is 1.